The molecule has 1 aromatic carbocycles. The Bertz CT molecular complexity index is 1190. The quantitative estimate of drug-likeness (QED) is 0.415. The fraction of sp³-hybridized carbons (Fsp3) is 0.423. The number of nitrogens with one attached hydrogen (secondary N) is 1. The van der Waals surface area contributed by atoms with E-state index in [1.165, 1.54) is 29.1 Å². The second-order valence-electron chi connectivity index (χ2n) is 8.97. The first-order valence-corrected chi connectivity index (χ1v) is 13.6. The van der Waals surface area contributed by atoms with Crippen LogP contribution >= 0.6 is 23.1 Å². The number of ether oxygens (including phenoxy) is 1. The number of hydrogen-bond donors (Lipinski definition) is 1. The van der Waals surface area contributed by atoms with Crippen molar-refractivity contribution in [3.63, 3.8) is 0 Å². The Kier molecular flexibility index (Phi) is 6.53. The highest BCUT2D eigenvalue weighted by Gasteiger charge is 2.47. The highest BCUT2D eigenvalue weighted by molar-refractivity contribution is 7.99. The van der Waals surface area contributed by atoms with E-state index in [0.29, 0.717) is 18.3 Å². The second-order valence-corrected chi connectivity index (χ2v) is 11.3. The number of thiazole rings is 1. The number of methoxy groups -OCH3 is 1. The van der Waals surface area contributed by atoms with E-state index in [2.05, 4.69) is 47.6 Å². The number of pyridine rings is 1. The smallest absolute Gasteiger partial charge is 0.322 e. The Morgan fingerprint density at radius 2 is 1.94 bits per heavy atom. The Labute approximate surface area is 209 Å². The van der Waals surface area contributed by atoms with Gasteiger partial charge in [0, 0.05) is 23.4 Å². The molecule has 6 nitrogen and oxygen atoms in total. The normalized spacial score (nSPS) is 16.1. The zero-order valence-electron chi connectivity index (χ0n) is 19.9. The SMILES string of the molecule is CCSc1ccc(CNC(=O)N2CC3(CCCC3)c3nc(-c4sc(OC)nc4C)ccc32)cc1. The van der Waals surface area contributed by atoms with Crippen molar-refractivity contribution in [2.75, 3.05) is 24.3 Å². The van der Waals surface area contributed by atoms with Crippen LogP contribution in [0, 0.1) is 6.92 Å². The minimum atomic E-state index is -0.0535. The van der Waals surface area contributed by atoms with E-state index in [4.69, 9.17) is 9.72 Å². The molecule has 3 heterocycles. The Morgan fingerprint density at radius 1 is 1.18 bits per heavy atom. The third-order valence-electron chi connectivity index (χ3n) is 6.80. The predicted octanol–water partition coefficient (Wildman–Crippen LogP) is 6.18. The standard InChI is InChI=1S/C26H30N4O2S2/c1-4-33-19-9-7-18(8-10-19)15-27-24(31)30-16-26(13-5-6-14-26)23-21(30)12-11-20(29-23)22-17(2)28-25(32-3)34-22/h7-12H,4-6,13-16H2,1-3H3,(H,27,31). The molecule has 2 aliphatic rings. The number of hydrogen-bond acceptors (Lipinski definition) is 6. The van der Waals surface area contributed by atoms with Crippen LogP contribution in [0.25, 0.3) is 10.6 Å². The molecule has 8 heteroatoms. The molecular weight excluding hydrogens is 464 g/mol. The van der Waals surface area contributed by atoms with Gasteiger partial charge in [0.05, 0.1) is 34.8 Å². The van der Waals surface area contributed by atoms with Gasteiger partial charge in [0.15, 0.2) is 0 Å². The minimum absolute atomic E-state index is 0.0512. The van der Waals surface area contributed by atoms with Crippen molar-refractivity contribution in [1.82, 2.24) is 15.3 Å². The van der Waals surface area contributed by atoms with Crippen molar-refractivity contribution in [2.24, 2.45) is 0 Å². The average Bonchev–Trinajstić information content (AvgIpc) is 3.57. The number of anilines is 1. The minimum Gasteiger partial charge on any atom is -0.473 e. The van der Waals surface area contributed by atoms with E-state index in [9.17, 15) is 4.79 Å². The monoisotopic (exact) mass is 494 g/mol. The van der Waals surface area contributed by atoms with Crippen LogP contribution in [0.3, 0.4) is 0 Å². The van der Waals surface area contributed by atoms with Gasteiger partial charge in [-0.1, -0.05) is 43.2 Å². The lowest BCUT2D eigenvalue weighted by molar-refractivity contribution is 0.245. The molecule has 1 aliphatic heterocycles. The van der Waals surface area contributed by atoms with Gasteiger partial charge in [-0.3, -0.25) is 4.90 Å². The molecule has 0 radical (unpaired) electrons. The largest absolute Gasteiger partial charge is 0.473 e. The summed E-state index contributed by atoms with van der Waals surface area (Å²) >= 11 is 3.34. The third kappa shape index (κ3) is 4.29. The van der Waals surface area contributed by atoms with Crippen molar-refractivity contribution in [3.8, 4) is 15.8 Å². The van der Waals surface area contributed by atoms with Gasteiger partial charge in [-0.05, 0) is 55.3 Å². The number of thioether (sulfide) groups is 1. The van der Waals surface area contributed by atoms with E-state index in [1.54, 1.807) is 7.11 Å². The summed E-state index contributed by atoms with van der Waals surface area (Å²) in [6.07, 6.45) is 4.50. The first-order chi connectivity index (χ1) is 16.5. The van der Waals surface area contributed by atoms with Crippen LogP contribution in [-0.4, -0.2) is 35.4 Å². The van der Waals surface area contributed by atoms with Gasteiger partial charge in [-0.2, -0.15) is 0 Å². The van der Waals surface area contributed by atoms with Crippen molar-refractivity contribution in [1.29, 1.82) is 0 Å². The van der Waals surface area contributed by atoms with Crippen LogP contribution in [0.1, 0.15) is 49.6 Å². The summed E-state index contributed by atoms with van der Waals surface area (Å²) in [6, 6.07) is 12.4. The van der Waals surface area contributed by atoms with Crippen LogP contribution in [-0.2, 0) is 12.0 Å². The number of rotatable bonds is 6. The molecule has 2 amide bonds. The van der Waals surface area contributed by atoms with Gasteiger partial charge in [0.25, 0.3) is 5.19 Å². The fourth-order valence-electron chi connectivity index (χ4n) is 5.12. The molecule has 0 atom stereocenters. The van der Waals surface area contributed by atoms with Crippen LogP contribution < -0.4 is 15.0 Å². The molecule has 1 aliphatic carbocycles. The second kappa shape index (κ2) is 9.58. The maximum atomic E-state index is 13.3. The molecule has 1 saturated carbocycles. The molecule has 0 unspecified atom stereocenters. The summed E-state index contributed by atoms with van der Waals surface area (Å²) in [7, 11) is 1.64. The fourth-order valence-corrected chi connectivity index (χ4v) is 6.63. The van der Waals surface area contributed by atoms with E-state index >= 15 is 0 Å². The zero-order chi connectivity index (χ0) is 23.7. The zero-order valence-corrected chi connectivity index (χ0v) is 21.5. The molecule has 178 valence electrons. The number of benzene rings is 1. The summed E-state index contributed by atoms with van der Waals surface area (Å²) in [5.41, 5.74) is 4.88. The molecule has 1 spiro atoms. The summed E-state index contributed by atoms with van der Waals surface area (Å²) < 4.78 is 5.33. The van der Waals surface area contributed by atoms with Gasteiger partial charge >= 0.3 is 6.03 Å². The number of aryl methyl sites for hydroxylation is 1. The highest BCUT2D eigenvalue weighted by atomic mass is 32.2. The van der Waals surface area contributed by atoms with Crippen LogP contribution in [0.5, 0.6) is 5.19 Å². The lowest BCUT2D eigenvalue weighted by Crippen LogP contribution is -2.41. The molecule has 5 rings (SSSR count). The summed E-state index contributed by atoms with van der Waals surface area (Å²) in [5.74, 6) is 1.05. The van der Waals surface area contributed by atoms with Crippen molar-refractivity contribution < 1.29 is 9.53 Å². The number of aromatic nitrogens is 2. The lowest BCUT2D eigenvalue weighted by atomic mass is 9.84. The summed E-state index contributed by atoms with van der Waals surface area (Å²) in [5, 5.41) is 3.78. The third-order valence-corrected chi connectivity index (χ3v) is 8.83. The molecule has 34 heavy (non-hydrogen) atoms. The molecular formula is C26H30N4O2S2. The number of carbonyl (C=O) groups excluding carboxylic acids is 1. The lowest BCUT2D eigenvalue weighted by Gasteiger charge is -2.24. The number of nitrogens with zero attached hydrogens (tertiary/aromatic N) is 3. The number of carbonyl (C=O) groups is 1. The Balaban J connectivity index is 1.39. The molecule has 2 aromatic heterocycles. The van der Waals surface area contributed by atoms with Crippen LogP contribution in [0.15, 0.2) is 41.3 Å². The summed E-state index contributed by atoms with van der Waals surface area (Å²) in [6.45, 7) is 5.35. The molecule has 1 fully saturated rings. The van der Waals surface area contributed by atoms with E-state index in [1.807, 2.05) is 29.7 Å². The van der Waals surface area contributed by atoms with Gasteiger partial charge < -0.3 is 10.1 Å². The summed E-state index contributed by atoms with van der Waals surface area (Å²) in [4.78, 5) is 27.1. The van der Waals surface area contributed by atoms with Crippen molar-refractivity contribution >= 4 is 34.8 Å². The van der Waals surface area contributed by atoms with E-state index in [0.717, 1.165) is 51.8 Å². The number of amides is 2. The van der Waals surface area contributed by atoms with Crippen molar-refractivity contribution in [2.45, 2.75) is 56.4 Å². The first-order valence-electron chi connectivity index (χ1n) is 11.8. The molecule has 1 N–H and O–H groups in total. The van der Waals surface area contributed by atoms with Crippen molar-refractivity contribution in [3.05, 3.63) is 53.3 Å². The van der Waals surface area contributed by atoms with E-state index in [-0.39, 0.29) is 11.4 Å². The number of urea groups is 1. The number of fused-ring (bicyclic) bond motifs is 2. The van der Waals surface area contributed by atoms with Gasteiger partial charge in [-0.25, -0.2) is 14.8 Å². The predicted molar refractivity (Wildman–Crippen MR) is 139 cm³/mol. The highest BCUT2D eigenvalue weighted by Crippen LogP contribution is 2.50. The van der Waals surface area contributed by atoms with Gasteiger partial charge in [0.1, 0.15) is 0 Å². The molecule has 0 bridgehead atoms. The van der Waals surface area contributed by atoms with Gasteiger partial charge in [0.2, 0.25) is 0 Å². The average molecular weight is 495 g/mol. The van der Waals surface area contributed by atoms with E-state index < -0.39 is 0 Å². The Hall–Kier alpha value is -2.58. The van der Waals surface area contributed by atoms with Crippen LogP contribution in [0.2, 0.25) is 0 Å². The Morgan fingerprint density at radius 3 is 2.62 bits per heavy atom. The molecule has 3 aromatic rings. The van der Waals surface area contributed by atoms with Gasteiger partial charge in [-0.15, -0.1) is 11.8 Å². The molecule has 0 saturated heterocycles. The maximum absolute atomic E-state index is 13.3. The first kappa shape index (κ1) is 23.2. The maximum Gasteiger partial charge on any atom is 0.322 e. The van der Waals surface area contributed by atoms with Crippen LogP contribution in [0.4, 0.5) is 10.5 Å². The topological polar surface area (TPSA) is 67.4 Å².